The second-order valence-corrected chi connectivity index (χ2v) is 15.5. The third-order valence-corrected chi connectivity index (χ3v) is 9.19. The van der Waals surface area contributed by atoms with Gasteiger partial charge in [-0.1, -0.05) is 143 Å². The van der Waals surface area contributed by atoms with E-state index in [1.54, 1.807) is 6.08 Å². The summed E-state index contributed by atoms with van der Waals surface area (Å²) >= 11 is 0. The van der Waals surface area contributed by atoms with Crippen molar-refractivity contribution in [1.82, 2.24) is 0 Å². The highest BCUT2D eigenvalue weighted by Gasteiger charge is 2.51. The van der Waals surface area contributed by atoms with E-state index >= 15 is 0 Å². The highest BCUT2D eigenvalue weighted by molar-refractivity contribution is 7.85. The van der Waals surface area contributed by atoms with Crippen LogP contribution in [0.2, 0.25) is 0 Å². The first-order valence-corrected chi connectivity index (χ1v) is 19.4. The lowest BCUT2D eigenvalue weighted by Crippen LogP contribution is -2.65. The summed E-state index contributed by atoms with van der Waals surface area (Å²) in [7, 11) is -4.92. The Labute approximate surface area is 279 Å². The quantitative estimate of drug-likeness (QED) is 0.0230. The van der Waals surface area contributed by atoms with Crippen LogP contribution in [0.3, 0.4) is 0 Å². The summed E-state index contributed by atoms with van der Waals surface area (Å²) in [5, 5.41) is 31.0. The molecule has 0 aliphatic rings. The van der Waals surface area contributed by atoms with Crippen LogP contribution in [0.5, 0.6) is 0 Å². The highest BCUT2D eigenvalue weighted by Crippen LogP contribution is 2.22. The van der Waals surface area contributed by atoms with Gasteiger partial charge in [-0.25, -0.2) is 0 Å². The Hall–Kier alpha value is -1.53. The molecule has 11 heteroatoms. The fourth-order valence-corrected chi connectivity index (χ4v) is 6.45. The number of unbranched alkanes of at least 4 members (excludes halogenated alkanes) is 14. The molecule has 0 bridgehead atoms. The summed E-state index contributed by atoms with van der Waals surface area (Å²) in [6, 6.07) is 0. The molecule has 0 saturated heterocycles. The van der Waals surface area contributed by atoms with Crippen molar-refractivity contribution in [2.45, 2.75) is 180 Å². The van der Waals surface area contributed by atoms with Crippen LogP contribution in [0.1, 0.15) is 156 Å². The smallest absolute Gasteiger partial charge is 0.328 e. The van der Waals surface area contributed by atoms with Gasteiger partial charge in [0.1, 0.15) is 11.9 Å². The maximum atomic E-state index is 12.7. The highest BCUT2D eigenvalue weighted by atomic mass is 32.2. The van der Waals surface area contributed by atoms with Crippen LogP contribution in [0.4, 0.5) is 0 Å². The van der Waals surface area contributed by atoms with E-state index in [1.807, 2.05) is 0 Å². The number of aliphatic hydroxyl groups excluding tert-OH is 2. The molecular formula is C35H67NO9S. The molecule has 0 radical (unpaired) electrons. The number of rotatable bonds is 30. The number of nitrogens with two attached hydrogens (primary N) is 1. The number of carboxylic acid groups (broad SMARTS) is 1. The zero-order valence-corrected chi connectivity index (χ0v) is 30.0. The van der Waals surface area contributed by atoms with Gasteiger partial charge in [-0.05, 0) is 31.1 Å². The lowest BCUT2D eigenvalue weighted by Gasteiger charge is -2.34. The number of aliphatic hydroxyl groups is 2. The Bertz CT molecular complexity index is 938. The number of esters is 1. The standard InChI is InChI=1S/C35H67NO9S/c1-28(2)22-18-14-10-7-5-6-8-13-17-21-25-31(38)33(35(36,34(40)41)27-46(42,43)44)45-32(39)26-30(37)24-20-16-12-9-11-15-19-23-29(3)4/h21,25,28-31,33,37-38H,5-20,22-24,26-27,36H2,1-4H3,(H,40,41)(H,42,43,44). The van der Waals surface area contributed by atoms with Crippen LogP contribution in [-0.4, -0.2) is 69.8 Å². The molecule has 0 spiro atoms. The molecule has 46 heavy (non-hydrogen) atoms. The van der Waals surface area contributed by atoms with E-state index in [0.29, 0.717) is 19.3 Å². The number of allylic oxidation sites excluding steroid dienone is 1. The van der Waals surface area contributed by atoms with Crippen molar-refractivity contribution in [3.8, 4) is 0 Å². The first-order chi connectivity index (χ1) is 21.6. The number of hydrogen-bond acceptors (Lipinski definition) is 8. The normalized spacial score (nSPS) is 15.7. The Morgan fingerprint density at radius 2 is 1.15 bits per heavy atom. The van der Waals surface area contributed by atoms with Gasteiger partial charge in [-0.2, -0.15) is 8.42 Å². The van der Waals surface area contributed by atoms with E-state index in [-0.39, 0.29) is 0 Å². The van der Waals surface area contributed by atoms with E-state index in [0.717, 1.165) is 56.8 Å². The van der Waals surface area contributed by atoms with Crippen LogP contribution in [0.25, 0.3) is 0 Å². The molecule has 0 aliphatic carbocycles. The minimum atomic E-state index is -4.92. The molecule has 0 saturated carbocycles. The second-order valence-electron chi connectivity index (χ2n) is 14.0. The topological polar surface area (TPSA) is 184 Å². The van der Waals surface area contributed by atoms with Gasteiger partial charge in [-0.3, -0.25) is 14.1 Å². The molecule has 0 heterocycles. The van der Waals surface area contributed by atoms with Crippen molar-refractivity contribution in [3.63, 3.8) is 0 Å². The molecule has 0 fully saturated rings. The van der Waals surface area contributed by atoms with Crippen molar-refractivity contribution < 1.29 is 42.6 Å². The average molecular weight is 678 g/mol. The zero-order valence-electron chi connectivity index (χ0n) is 29.2. The summed E-state index contributed by atoms with van der Waals surface area (Å²) < 4.78 is 37.9. The Morgan fingerprint density at radius 1 is 0.739 bits per heavy atom. The minimum absolute atomic E-state index is 0.339. The van der Waals surface area contributed by atoms with Gasteiger partial charge < -0.3 is 25.8 Å². The van der Waals surface area contributed by atoms with Gasteiger partial charge in [0.15, 0.2) is 11.6 Å². The molecule has 272 valence electrons. The first kappa shape index (κ1) is 44.5. The number of carbonyl (C=O) groups is 2. The summed E-state index contributed by atoms with van der Waals surface area (Å²) in [5.74, 6) is -2.90. The molecule has 6 N–H and O–H groups in total. The first-order valence-electron chi connectivity index (χ1n) is 17.8. The number of carbonyl (C=O) groups excluding carboxylic acids is 1. The third-order valence-electron chi connectivity index (χ3n) is 8.35. The molecular weight excluding hydrogens is 610 g/mol. The minimum Gasteiger partial charge on any atom is -0.480 e. The summed E-state index contributed by atoms with van der Waals surface area (Å²) in [4.78, 5) is 24.8. The SMILES string of the molecule is CC(C)CCCCCCCCCCC=CC(O)C(OC(=O)CC(O)CCCCCCCCCC(C)C)C(N)(CS(=O)(=O)O)C(=O)O. The van der Waals surface area contributed by atoms with Gasteiger partial charge in [0.2, 0.25) is 0 Å². The number of ether oxygens (including phenoxy) is 1. The summed E-state index contributed by atoms with van der Waals surface area (Å²) in [6.07, 6.45) is 17.4. The predicted molar refractivity (Wildman–Crippen MR) is 184 cm³/mol. The summed E-state index contributed by atoms with van der Waals surface area (Å²) in [5.41, 5.74) is 3.06. The van der Waals surface area contributed by atoms with E-state index < -0.39 is 58.1 Å². The fourth-order valence-electron chi connectivity index (χ4n) is 5.56. The Morgan fingerprint density at radius 3 is 1.57 bits per heavy atom. The van der Waals surface area contributed by atoms with Crippen LogP contribution < -0.4 is 5.73 Å². The lowest BCUT2D eigenvalue weighted by atomic mass is 9.91. The van der Waals surface area contributed by atoms with E-state index in [1.165, 1.54) is 63.9 Å². The molecule has 0 aromatic heterocycles. The largest absolute Gasteiger partial charge is 0.480 e. The van der Waals surface area contributed by atoms with Gasteiger partial charge in [0, 0.05) is 0 Å². The maximum absolute atomic E-state index is 12.7. The van der Waals surface area contributed by atoms with Crippen molar-refractivity contribution >= 4 is 22.1 Å². The number of hydrogen-bond donors (Lipinski definition) is 5. The molecule has 4 atom stereocenters. The molecule has 10 nitrogen and oxygen atoms in total. The molecule has 0 rings (SSSR count). The zero-order chi connectivity index (χ0) is 35.0. The molecule has 4 unspecified atom stereocenters. The molecule has 0 aromatic carbocycles. The maximum Gasteiger partial charge on any atom is 0.328 e. The molecule has 0 aromatic rings. The Balaban J connectivity index is 4.87. The molecule has 0 aliphatic heterocycles. The van der Waals surface area contributed by atoms with Crippen LogP contribution >= 0.6 is 0 Å². The predicted octanol–water partition coefficient (Wildman–Crippen LogP) is 6.96. The van der Waals surface area contributed by atoms with E-state index in [4.69, 9.17) is 10.5 Å². The third kappa shape index (κ3) is 23.7. The Kier molecular flexibility index (Phi) is 24.6. The van der Waals surface area contributed by atoms with Crippen LogP contribution in [-0.2, 0) is 24.4 Å². The van der Waals surface area contributed by atoms with Gasteiger partial charge in [0.05, 0.1) is 12.5 Å². The van der Waals surface area contributed by atoms with E-state index in [9.17, 15) is 37.9 Å². The van der Waals surface area contributed by atoms with Gasteiger partial charge >= 0.3 is 11.9 Å². The van der Waals surface area contributed by atoms with Crippen molar-refractivity contribution in [2.75, 3.05) is 5.75 Å². The van der Waals surface area contributed by atoms with Crippen LogP contribution in [0.15, 0.2) is 12.2 Å². The van der Waals surface area contributed by atoms with Crippen molar-refractivity contribution in [2.24, 2.45) is 17.6 Å². The average Bonchev–Trinajstić information content (AvgIpc) is 2.94. The van der Waals surface area contributed by atoms with E-state index in [2.05, 4.69) is 27.7 Å². The monoisotopic (exact) mass is 677 g/mol. The number of aliphatic carboxylic acids is 1. The lowest BCUT2D eigenvalue weighted by molar-refractivity contribution is -0.167. The fraction of sp³-hybridized carbons (Fsp3) is 0.886. The van der Waals surface area contributed by atoms with Gasteiger partial charge in [0.25, 0.3) is 10.1 Å². The van der Waals surface area contributed by atoms with Crippen molar-refractivity contribution in [3.05, 3.63) is 12.2 Å². The molecule has 0 amide bonds. The summed E-state index contributed by atoms with van der Waals surface area (Å²) in [6.45, 7) is 8.92. The second kappa shape index (κ2) is 25.5. The number of carboxylic acids is 1. The van der Waals surface area contributed by atoms with Gasteiger partial charge in [-0.15, -0.1) is 0 Å². The van der Waals surface area contributed by atoms with Crippen LogP contribution in [0, 0.1) is 11.8 Å². The van der Waals surface area contributed by atoms with Crippen molar-refractivity contribution in [1.29, 1.82) is 0 Å².